The summed E-state index contributed by atoms with van der Waals surface area (Å²) < 4.78 is 10.5. The normalized spacial score (nSPS) is 10.4. The van der Waals surface area contributed by atoms with Gasteiger partial charge in [-0.05, 0) is 6.42 Å². The maximum absolute atomic E-state index is 11.5. The monoisotopic (exact) mass is 375 g/mol. The molecule has 0 aliphatic carbocycles. The van der Waals surface area contributed by atoms with E-state index in [9.17, 15) is 19.2 Å². The molecule has 0 aromatic heterocycles. The molecule has 0 rings (SSSR count). The van der Waals surface area contributed by atoms with Crippen LogP contribution < -0.4 is 27.2 Å². The Balaban J connectivity index is 3.60. The van der Waals surface area contributed by atoms with E-state index in [1.807, 2.05) is 6.92 Å². The van der Waals surface area contributed by atoms with Crippen LogP contribution in [-0.4, -0.2) is 82.5 Å². The van der Waals surface area contributed by atoms with Crippen molar-refractivity contribution in [2.75, 3.05) is 59.2 Å². The van der Waals surface area contributed by atoms with Crippen molar-refractivity contribution in [1.82, 2.24) is 21.4 Å². The molecule has 11 heteroatoms. The van der Waals surface area contributed by atoms with Gasteiger partial charge in [-0.15, -0.1) is 0 Å². The lowest BCUT2D eigenvalue weighted by atomic mass is 10.2. The van der Waals surface area contributed by atoms with Gasteiger partial charge in [-0.2, -0.15) is 0 Å². The van der Waals surface area contributed by atoms with Crippen molar-refractivity contribution in [3.8, 4) is 0 Å². The first-order chi connectivity index (χ1) is 12.5. The third-order valence-corrected chi connectivity index (χ3v) is 2.88. The standard InChI is InChI=1S/C15H29N5O6/c1-2-4-25-6-7-26-5-3-18-14(23)10-17-8-12(21)13(22)9-19-15(24)11-20-16/h17,20H,2-11,16H2,1H3,(H,18,23)(H,19,24). The Morgan fingerprint density at radius 3 is 2.04 bits per heavy atom. The minimum absolute atomic E-state index is 0.109. The fourth-order valence-electron chi connectivity index (χ4n) is 1.61. The molecule has 11 nitrogen and oxygen atoms in total. The smallest absolute Gasteiger partial charge is 0.235 e. The summed E-state index contributed by atoms with van der Waals surface area (Å²) in [6.07, 6.45) is 0.956. The van der Waals surface area contributed by atoms with E-state index in [2.05, 4.69) is 21.4 Å². The summed E-state index contributed by atoms with van der Waals surface area (Å²) in [5.74, 6) is 2.63. The summed E-state index contributed by atoms with van der Waals surface area (Å²) in [7, 11) is 0. The van der Waals surface area contributed by atoms with Crippen LogP contribution in [0.4, 0.5) is 0 Å². The van der Waals surface area contributed by atoms with E-state index in [-0.39, 0.29) is 25.5 Å². The molecule has 0 unspecified atom stereocenters. The fraction of sp³-hybridized carbons (Fsp3) is 0.733. The van der Waals surface area contributed by atoms with Gasteiger partial charge in [0.15, 0.2) is 0 Å². The van der Waals surface area contributed by atoms with Crippen molar-refractivity contribution in [1.29, 1.82) is 0 Å². The molecule has 0 radical (unpaired) electrons. The molecule has 2 amide bonds. The molecule has 150 valence electrons. The van der Waals surface area contributed by atoms with Crippen molar-refractivity contribution in [3.63, 3.8) is 0 Å². The molecule has 0 aliphatic heterocycles. The van der Waals surface area contributed by atoms with Gasteiger partial charge in [0.25, 0.3) is 0 Å². The van der Waals surface area contributed by atoms with E-state index in [1.54, 1.807) is 0 Å². The van der Waals surface area contributed by atoms with Gasteiger partial charge in [-0.3, -0.25) is 30.4 Å². The summed E-state index contributed by atoms with van der Waals surface area (Å²) >= 11 is 0. The van der Waals surface area contributed by atoms with Gasteiger partial charge in [-0.25, -0.2) is 0 Å². The molecule has 0 aliphatic rings. The maximum Gasteiger partial charge on any atom is 0.235 e. The van der Waals surface area contributed by atoms with E-state index >= 15 is 0 Å². The Labute approximate surface area is 152 Å². The zero-order valence-electron chi connectivity index (χ0n) is 15.1. The molecule has 0 saturated heterocycles. The first-order valence-corrected chi connectivity index (χ1v) is 8.40. The number of nitrogens with one attached hydrogen (secondary N) is 4. The Morgan fingerprint density at radius 2 is 1.38 bits per heavy atom. The van der Waals surface area contributed by atoms with E-state index in [0.717, 1.165) is 6.42 Å². The number of hydrazine groups is 1. The van der Waals surface area contributed by atoms with Crippen LogP contribution in [0.15, 0.2) is 0 Å². The average molecular weight is 375 g/mol. The summed E-state index contributed by atoms with van der Waals surface area (Å²) in [5, 5.41) is 7.41. The highest BCUT2D eigenvalue weighted by Crippen LogP contribution is 1.81. The number of hydrogen-bond donors (Lipinski definition) is 5. The summed E-state index contributed by atoms with van der Waals surface area (Å²) in [4.78, 5) is 45.6. The van der Waals surface area contributed by atoms with Gasteiger partial charge < -0.3 is 25.4 Å². The molecule has 0 saturated carbocycles. The van der Waals surface area contributed by atoms with Crippen molar-refractivity contribution < 1.29 is 28.7 Å². The van der Waals surface area contributed by atoms with Gasteiger partial charge in [-0.1, -0.05) is 6.92 Å². The van der Waals surface area contributed by atoms with E-state index < -0.39 is 24.0 Å². The predicted molar refractivity (Wildman–Crippen MR) is 93.0 cm³/mol. The van der Waals surface area contributed by atoms with E-state index in [1.165, 1.54) is 0 Å². The van der Waals surface area contributed by atoms with Crippen molar-refractivity contribution in [2.45, 2.75) is 13.3 Å². The first kappa shape index (κ1) is 24.1. The van der Waals surface area contributed by atoms with Crippen LogP contribution in [0, 0.1) is 0 Å². The highest BCUT2D eigenvalue weighted by molar-refractivity contribution is 6.39. The number of ether oxygens (including phenoxy) is 2. The molecule has 0 spiro atoms. The second kappa shape index (κ2) is 16.5. The molecular formula is C15H29N5O6. The molecule has 0 heterocycles. The number of carbonyl (C=O) groups excluding carboxylic acids is 4. The van der Waals surface area contributed by atoms with Crippen LogP contribution in [-0.2, 0) is 28.7 Å². The Kier molecular flexibility index (Phi) is 15.3. The van der Waals surface area contributed by atoms with Gasteiger partial charge in [0, 0.05) is 13.2 Å². The Hall–Kier alpha value is -1.92. The number of amides is 2. The zero-order chi connectivity index (χ0) is 19.6. The predicted octanol–water partition coefficient (Wildman–Crippen LogP) is -3.15. The summed E-state index contributed by atoms with van der Waals surface area (Å²) in [5.41, 5.74) is 2.12. The number of carbonyl (C=O) groups is 4. The number of Topliss-reactive ketones (excluding diaryl/α,β-unsaturated/α-hetero) is 2. The van der Waals surface area contributed by atoms with Gasteiger partial charge >= 0.3 is 0 Å². The molecule has 0 fully saturated rings. The third kappa shape index (κ3) is 14.4. The third-order valence-electron chi connectivity index (χ3n) is 2.88. The Morgan fingerprint density at radius 1 is 0.769 bits per heavy atom. The molecule has 26 heavy (non-hydrogen) atoms. The average Bonchev–Trinajstić information content (AvgIpc) is 2.62. The summed E-state index contributed by atoms with van der Waals surface area (Å²) in [6, 6.07) is 0. The molecule has 0 bridgehead atoms. The van der Waals surface area contributed by atoms with Crippen LogP contribution in [0.5, 0.6) is 0 Å². The Bertz CT molecular complexity index is 446. The van der Waals surface area contributed by atoms with Crippen LogP contribution in [0.1, 0.15) is 13.3 Å². The lowest BCUT2D eigenvalue weighted by Gasteiger charge is -2.08. The van der Waals surface area contributed by atoms with Gasteiger partial charge in [0.2, 0.25) is 23.4 Å². The lowest BCUT2D eigenvalue weighted by Crippen LogP contribution is -2.43. The zero-order valence-corrected chi connectivity index (χ0v) is 15.1. The molecule has 6 N–H and O–H groups in total. The van der Waals surface area contributed by atoms with Crippen LogP contribution in [0.2, 0.25) is 0 Å². The molecule has 0 aromatic carbocycles. The number of rotatable bonds is 17. The molecule has 0 aromatic rings. The topological polar surface area (TPSA) is 161 Å². The minimum Gasteiger partial charge on any atom is -0.379 e. The molecular weight excluding hydrogens is 346 g/mol. The second-order valence-corrected chi connectivity index (χ2v) is 5.18. The van der Waals surface area contributed by atoms with Crippen LogP contribution in [0.25, 0.3) is 0 Å². The van der Waals surface area contributed by atoms with Crippen molar-refractivity contribution in [3.05, 3.63) is 0 Å². The van der Waals surface area contributed by atoms with Crippen molar-refractivity contribution in [2.24, 2.45) is 5.84 Å². The van der Waals surface area contributed by atoms with Gasteiger partial charge in [0.1, 0.15) is 0 Å². The fourth-order valence-corrected chi connectivity index (χ4v) is 1.61. The number of ketones is 2. The first-order valence-electron chi connectivity index (χ1n) is 8.40. The lowest BCUT2D eigenvalue weighted by molar-refractivity contribution is -0.136. The quantitative estimate of drug-likeness (QED) is 0.0765. The van der Waals surface area contributed by atoms with E-state index in [4.69, 9.17) is 15.3 Å². The minimum atomic E-state index is -0.762. The van der Waals surface area contributed by atoms with Gasteiger partial charge in [0.05, 0.1) is 46.0 Å². The SMILES string of the molecule is CCCOCCOCCNC(=O)CNCC(=O)C(=O)CNC(=O)CNN. The highest BCUT2D eigenvalue weighted by Gasteiger charge is 2.14. The largest absolute Gasteiger partial charge is 0.379 e. The number of nitrogens with two attached hydrogens (primary N) is 1. The van der Waals surface area contributed by atoms with Crippen LogP contribution in [0.3, 0.4) is 0 Å². The van der Waals surface area contributed by atoms with E-state index in [0.29, 0.717) is 33.0 Å². The van der Waals surface area contributed by atoms with Crippen molar-refractivity contribution >= 4 is 23.4 Å². The highest BCUT2D eigenvalue weighted by atomic mass is 16.5. The summed E-state index contributed by atoms with van der Waals surface area (Å²) in [6.45, 7) is 3.42. The maximum atomic E-state index is 11.5. The number of hydrogen-bond acceptors (Lipinski definition) is 9. The molecule has 0 atom stereocenters. The van der Waals surface area contributed by atoms with Crippen LogP contribution >= 0.6 is 0 Å². The second-order valence-electron chi connectivity index (χ2n) is 5.18.